The number of halogens is 1. The van der Waals surface area contributed by atoms with Crippen molar-refractivity contribution in [3.8, 4) is 5.75 Å². The maximum absolute atomic E-state index is 13.7. The fourth-order valence-corrected chi connectivity index (χ4v) is 3.69. The van der Waals surface area contributed by atoms with Crippen LogP contribution in [0.25, 0.3) is 0 Å². The number of methoxy groups -OCH3 is 1. The predicted octanol–water partition coefficient (Wildman–Crippen LogP) is 1.16. The molecule has 0 radical (unpaired) electrons. The number of hydrogen-bond acceptors (Lipinski definition) is 4. The molecule has 6 nitrogen and oxygen atoms in total. The second-order valence-electron chi connectivity index (χ2n) is 5.05. The lowest BCUT2D eigenvalue weighted by Crippen LogP contribution is -2.44. The summed E-state index contributed by atoms with van der Waals surface area (Å²) in [6.07, 6.45) is 1.67. The third-order valence-electron chi connectivity index (χ3n) is 3.57. The topological polar surface area (TPSA) is 84.7 Å². The fourth-order valence-electron chi connectivity index (χ4n) is 2.35. The average Bonchev–Trinajstić information content (AvgIpc) is 2.49. The van der Waals surface area contributed by atoms with Crippen molar-refractivity contribution in [2.45, 2.75) is 12.8 Å². The number of ether oxygens (including phenoxy) is 1. The SMILES string of the molecule is COc1ccc(F)c(NS(=O)(=O)N2CCCC(CN)C2)c1. The highest BCUT2D eigenvalue weighted by atomic mass is 32.2. The van der Waals surface area contributed by atoms with E-state index < -0.39 is 16.0 Å². The summed E-state index contributed by atoms with van der Waals surface area (Å²) in [4.78, 5) is 0. The smallest absolute Gasteiger partial charge is 0.301 e. The molecule has 2 rings (SSSR count). The molecule has 0 spiro atoms. The second-order valence-corrected chi connectivity index (χ2v) is 6.73. The molecule has 8 heteroatoms. The van der Waals surface area contributed by atoms with Gasteiger partial charge in [-0.15, -0.1) is 0 Å². The zero-order valence-corrected chi connectivity index (χ0v) is 12.7. The summed E-state index contributed by atoms with van der Waals surface area (Å²) < 4.78 is 47.0. The molecule has 0 saturated carbocycles. The largest absolute Gasteiger partial charge is 0.497 e. The molecule has 0 aromatic heterocycles. The number of anilines is 1. The highest BCUT2D eigenvalue weighted by Gasteiger charge is 2.28. The number of benzene rings is 1. The van der Waals surface area contributed by atoms with E-state index in [0.29, 0.717) is 25.4 Å². The van der Waals surface area contributed by atoms with E-state index in [9.17, 15) is 12.8 Å². The molecule has 1 aliphatic rings. The average molecular weight is 317 g/mol. The van der Waals surface area contributed by atoms with Gasteiger partial charge in [-0.3, -0.25) is 4.72 Å². The normalized spacial score (nSPS) is 20.2. The number of rotatable bonds is 5. The van der Waals surface area contributed by atoms with Crippen molar-refractivity contribution in [1.29, 1.82) is 0 Å². The van der Waals surface area contributed by atoms with Crippen LogP contribution in [-0.4, -0.2) is 39.5 Å². The van der Waals surface area contributed by atoms with Crippen LogP contribution in [0.5, 0.6) is 5.75 Å². The van der Waals surface area contributed by atoms with Gasteiger partial charge in [0.2, 0.25) is 0 Å². The Kier molecular flexibility index (Phi) is 5.02. The number of piperidine rings is 1. The lowest BCUT2D eigenvalue weighted by atomic mass is 10.0. The minimum absolute atomic E-state index is 0.121. The Labute approximate surface area is 124 Å². The van der Waals surface area contributed by atoms with Crippen LogP contribution in [0.3, 0.4) is 0 Å². The molecular formula is C13H20FN3O3S. The quantitative estimate of drug-likeness (QED) is 0.853. The molecule has 1 atom stereocenters. The van der Waals surface area contributed by atoms with Crippen LogP contribution in [0.15, 0.2) is 18.2 Å². The molecule has 1 aromatic carbocycles. The van der Waals surface area contributed by atoms with Crippen molar-refractivity contribution in [3.63, 3.8) is 0 Å². The summed E-state index contributed by atoms with van der Waals surface area (Å²) in [5.74, 6) is -0.121. The number of nitrogens with zero attached hydrogens (tertiary/aromatic N) is 1. The van der Waals surface area contributed by atoms with Crippen molar-refractivity contribution in [3.05, 3.63) is 24.0 Å². The molecular weight excluding hydrogens is 297 g/mol. The molecule has 1 heterocycles. The van der Waals surface area contributed by atoms with Crippen LogP contribution in [0.2, 0.25) is 0 Å². The maximum atomic E-state index is 13.7. The summed E-state index contributed by atoms with van der Waals surface area (Å²) in [6.45, 7) is 1.22. The van der Waals surface area contributed by atoms with Gasteiger partial charge in [0.05, 0.1) is 12.8 Å². The molecule has 21 heavy (non-hydrogen) atoms. The van der Waals surface area contributed by atoms with Crippen LogP contribution in [0.1, 0.15) is 12.8 Å². The van der Waals surface area contributed by atoms with E-state index in [0.717, 1.165) is 18.9 Å². The Morgan fingerprint density at radius 1 is 1.52 bits per heavy atom. The third kappa shape index (κ3) is 3.84. The first-order chi connectivity index (χ1) is 9.96. The van der Waals surface area contributed by atoms with Gasteiger partial charge in [-0.1, -0.05) is 0 Å². The minimum Gasteiger partial charge on any atom is -0.497 e. The molecule has 1 unspecified atom stereocenters. The van der Waals surface area contributed by atoms with Crippen LogP contribution in [-0.2, 0) is 10.2 Å². The fraction of sp³-hybridized carbons (Fsp3) is 0.538. The number of nitrogens with two attached hydrogens (primary N) is 1. The second kappa shape index (κ2) is 6.59. The monoisotopic (exact) mass is 317 g/mol. The van der Waals surface area contributed by atoms with E-state index in [1.807, 2.05) is 0 Å². The molecule has 1 aromatic rings. The Balaban J connectivity index is 2.17. The van der Waals surface area contributed by atoms with Gasteiger partial charge >= 0.3 is 10.2 Å². The van der Waals surface area contributed by atoms with Crippen LogP contribution in [0.4, 0.5) is 10.1 Å². The van der Waals surface area contributed by atoms with Gasteiger partial charge in [0.25, 0.3) is 0 Å². The molecule has 0 aliphatic carbocycles. The first-order valence-corrected chi connectivity index (χ1v) is 8.21. The Morgan fingerprint density at radius 2 is 2.29 bits per heavy atom. The summed E-state index contributed by atoms with van der Waals surface area (Å²) in [6, 6.07) is 3.91. The van der Waals surface area contributed by atoms with Gasteiger partial charge in [0.1, 0.15) is 11.6 Å². The van der Waals surface area contributed by atoms with Gasteiger partial charge < -0.3 is 10.5 Å². The maximum Gasteiger partial charge on any atom is 0.301 e. The minimum atomic E-state index is -3.79. The van der Waals surface area contributed by atoms with Crippen molar-refractivity contribution in [2.24, 2.45) is 11.7 Å². The summed E-state index contributed by atoms with van der Waals surface area (Å²) in [5, 5.41) is 0. The van der Waals surface area contributed by atoms with Crippen LogP contribution >= 0.6 is 0 Å². The summed E-state index contributed by atoms with van der Waals surface area (Å²) >= 11 is 0. The Bertz CT molecular complexity index is 594. The highest BCUT2D eigenvalue weighted by molar-refractivity contribution is 7.90. The molecule has 1 aliphatic heterocycles. The van der Waals surface area contributed by atoms with Gasteiger partial charge in [0.15, 0.2) is 0 Å². The first-order valence-electron chi connectivity index (χ1n) is 6.77. The van der Waals surface area contributed by atoms with Gasteiger partial charge in [0, 0.05) is 19.2 Å². The molecule has 1 fully saturated rings. The number of hydrogen-bond donors (Lipinski definition) is 2. The van der Waals surface area contributed by atoms with E-state index in [1.165, 1.54) is 23.5 Å². The van der Waals surface area contributed by atoms with Crippen molar-refractivity contribution in [2.75, 3.05) is 31.5 Å². The van der Waals surface area contributed by atoms with Crippen molar-refractivity contribution in [1.82, 2.24) is 4.31 Å². The van der Waals surface area contributed by atoms with Crippen molar-refractivity contribution >= 4 is 15.9 Å². The van der Waals surface area contributed by atoms with Gasteiger partial charge in [-0.05, 0) is 37.4 Å². The van der Waals surface area contributed by atoms with E-state index >= 15 is 0 Å². The number of nitrogens with one attached hydrogen (secondary N) is 1. The van der Waals surface area contributed by atoms with Crippen molar-refractivity contribution < 1.29 is 17.5 Å². The summed E-state index contributed by atoms with van der Waals surface area (Å²) in [7, 11) is -2.36. The lowest BCUT2D eigenvalue weighted by Gasteiger charge is -2.31. The van der Waals surface area contributed by atoms with Gasteiger partial charge in [-0.25, -0.2) is 4.39 Å². The highest BCUT2D eigenvalue weighted by Crippen LogP contribution is 2.24. The molecule has 0 amide bonds. The van der Waals surface area contributed by atoms with Crippen LogP contribution in [0, 0.1) is 11.7 Å². The van der Waals surface area contributed by atoms with E-state index in [2.05, 4.69) is 4.72 Å². The van der Waals surface area contributed by atoms with E-state index in [-0.39, 0.29) is 11.6 Å². The molecule has 1 saturated heterocycles. The molecule has 118 valence electrons. The molecule has 3 N–H and O–H groups in total. The third-order valence-corrected chi connectivity index (χ3v) is 5.06. The van der Waals surface area contributed by atoms with E-state index in [4.69, 9.17) is 10.5 Å². The Hall–Kier alpha value is -1.38. The Morgan fingerprint density at radius 3 is 2.95 bits per heavy atom. The van der Waals surface area contributed by atoms with Crippen LogP contribution < -0.4 is 15.2 Å². The zero-order valence-electron chi connectivity index (χ0n) is 11.9. The first kappa shape index (κ1) is 16.0. The lowest BCUT2D eigenvalue weighted by molar-refractivity contribution is 0.273. The summed E-state index contributed by atoms with van der Waals surface area (Å²) in [5.41, 5.74) is 5.48. The van der Waals surface area contributed by atoms with Gasteiger partial charge in [-0.2, -0.15) is 12.7 Å². The predicted molar refractivity (Wildman–Crippen MR) is 78.8 cm³/mol. The molecule has 0 bridgehead atoms. The van der Waals surface area contributed by atoms with E-state index in [1.54, 1.807) is 0 Å². The zero-order chi connectivity index (χ0) is 15.5. The standard InChI is InChI=1S/C13H20FN3O3S/c1-20-11-4-5-12(14)13(7-11)16-21(18,19)17-6-2-3-10(8-15)9-17/h4-5,7,10,16H,2-3,6,8-9,15H2,1H3.